The van der Waals surface area contributed by atoms with E-state index in [0.717, 1.165) is 42.2 Å². The Hall–Kier alpha value is -2.45. The Bertz CT molecular complexity index is 846. The van der Waals surface area contributed by atoms with E-state index in [1.807, 2.05) is 0 Å². The Labute approximate surface area is 148 Å². The van der Waals surface area contributed by atoms with Crippen LogP contribution in [-0.2, 0) is 13.0 Å². The number of thiophene rings is 1. The number of hydrogen-bond acceptors (Lipinski definition) is 5. The van der Waals surface area contributed by atoms with E-state index in [9.17, 15) is 14.9 Å². The number of carbonyl (C=O) groups is 1. The SMILES string of the molecule is CC[NH+]1CCc2c(sc3c2C(=O)N[C@H](c2ccc([N+](=O)[O-])cc2)N3)C1. The van der Waals surface area contributed by atoms with Gasteiger partial charge in [0.2, 0.25) is 0 Å². The molecule has 0 bridgehead atoms. The number of anilines is 1. The lowest BCUT2D eigenvalue weighted by Gasteiger charge is -2.27. The molecular formula is C17H19N4O3S+. The molecule has 130 valence electrons. The van der Waals surface area contributed by atoms with E-state index >= 15 is 0 Å². The molecule has 2 aliphatic heterocycles. The van der Waals surface area contributed by atoms with Crippen molar-refractivity contribution >= 4 is 27.9 Å². The molecule has 2 aliphatic rings. The normalized spacial score (nSPS) is 21.7. The second-order valence-corrected chi connectivity index (χ2v) is 7.49. The van der Waals surface area contributed by atoms with Crippen molar-refractivity contribution in [3.05, 3.63) is 55.9 Å². The Kier molecular flexibility index (Phi) is 3.93. The quantitative estimate of drug-likeness (QED) is 0.572. The fourth-order valence-corrected chi connectivity index (χ4v) is 4.85. The number of quaternary nitrogens is 1. The Morgan fingerprint density at radius 2 is 2.08 bits per heavy atom. The Balaban J connectivity index is 1.62. The van der Waals surface area contributed by atoms with Crippen LogP contribution in [0.25, 0.3) is 0 Å². The molecule has 4 rings (SSSR count). The number of non-ortho nitro benzene ring substituents is 1. The first-order valence-corrected chi connectivity index (χ1v) is 9.18. The summed E-state index contributed by atoms with van der Waals surface area (Å²) in [6.07, 6.45) is 0.567. The number of nitro groups is 1. The van der Waals surface area contributed by atoms with Crippen molar-refractivity contribution in [2.45, 2.75) is 26.1 Å². The molecule has 0 aliphatic carbocycles. The highest BCUT2D eigenvalue weighted by Crippen LogP contribution is 2.39. The van der Waals surface area contributed by atoms with Crippen LogP contribution in [0.1, 0.15) is 39.5 Å². The average Bonchev–Trinajstić information content (AvgIpc) is 2.99. The fourth-order valence-electron chi connectivity index (χ4n) is 3.51. The van der Waals surface area contributed by atoms with E-state index in [0.29, 0.717) is 0 Å². The van der Waals surface area contributed by atoms with E-state index in [2.05, 4.69) is 17.6 Å². The molecule has 0 fully saturated rings. The molecule has 1 aromatic carbocycles. The number of nitro benzene ring substituents is 1. The van der Waals surface area contributed by atoms with Crippen molar-refractivity contribution in [2.24, 2.45) is 0 Å². The molecule has 0 saturated heterocycles. The average molecular weight is 359 g/mol. The van der Waals surface area contributed by atoms with Crippen molar-refractivity contribution in [1.82, 2.24) is 5.32 Å². The number of fused-ring (bicyclic) bond motifs is 3. The van der Waals surface area contributed by atoms with Crippen LogP contribution in [-0.4, -0.2) is 23.9 Å². The highest BCUT2D eigenvalue weighted by molar-refractivity contribution is 7.16. The van der Waals surface area contributed by atoms with Gasteiger partial charge in [-0.05, 0) is 30.2 Å². The van der Waals surface area contributed by atoms with Crippen LogP contribution in [0.5, 0.6) is 0 Å². The van der Waals surface area contributed by atoms with E-state index in [-0.39, 0.29) is 17.8 Å². The third-order valence-electron chi connectivity index (χ3n) is 4.94. The largest absolute Gasteiger partial charge is 0.353 e. The summed E-state index contributed by atoms with van der Waals surface area (Å²) >= 11 is 1.67. The predicted octanol–water partition coefficient (Wildman–Crippen LogP) is 1.47. The van der Waals surface area contributed by atoms with Crippen molar-refractivity contribution in [2.75, 3.05) is 18.4 Å². The summed E-state index contributed by atoms with van der Waals surface area (Å²) in [5.41, 5.74) is 2.82. The van der Waals surface area contributed by atoms with E-state index in [1.165, 1.54) is 22.6 Å². The lowest BCUT2D eigenvalue weighted by atomic mass is 10.0. The van der Waals surface area contributed by atoms with Crippen LogP contribution in [0.15, 0.2) is 24.3 Å². The number of carbonyl (C=O) groups excluding carboxylic acids is 1. The molecule has 2 atom stereocenters. The molecule has 3 N–H and O–H groups in total. The molecule has 1 amide bonds. The minimum Gasteiger partial charge on any atom is -0.353 e. The first-order valence-electron chi connectivity index (χ1n) is 8.36. The molecule has 0 spiro atoms. The van der Waals surface area contributed by atoms with Gasteiger partial charge in [-0.3, -0.25) is 14.9 Å². The Morgan fingerprint density at radius 3 is 2.76 bits per heavy atom. The second-order valence-electron chi connectivity index (χ2n) is 6.39. The lowest BCUT2D eigenvalue weighted by molar-refractivity contribution is -0.913. The molecule has 0 radical (unpaired) electrons. The van der Waals surface area contributed by atoms with Gasteiger partial charge in [-0.1, -0.05) is 0 Å². The van der Waals surface area contributed by atoms with Gasteiger partial charge in [0, 0.05) is 18.6 Å². The number of nitrogens with zero attached hydrogens (tertiary/aromatic N) is 1. The topological polar surface area (TPSA) is 88.7 Å². The van der Waals surface area contributed by atoms with Gasteiger partial charge in [-0.25, -0.2) is 0 Å². The molecule has 1 unspecified atom stereocenters. The zero-order valence-electron chi connectivity index (χ0n) is 13.8. The molecule has 2 aromatic rings. The maximum atomic E-state index is 12.7. The zero-order valence-corrected chi connectivity index (χ0v) is 14.6. The van der Waals surface area contributed by atoms with Crippen LogP contribution in [0, 0.1) is 10.1 Å². The van der Waals surface area contributed by atoms with Crippen molar-refractivity contribution in [1.29, 1.82) is 0 Å². The standard InChI is InChI=1S/C17H18N4O3S/c1-2-20-8-7-12-13(9-20)25-17-14(12)16(22)18-15(19-17)10-3-5-11(6-4-10)21(23)24/h3-6,15,19H,2,7-9H2,1H3,(H,18,22)/p+1/t15-/m0/s1. The number of hydrogen-bond donors (Lipinski definition) is 3. The molecular weight excluding hydrogens is 340 g/mol. The molecule has 25 heavy (non-hydrogen) atoms. The van der Waals surface area contributed by atoms with Crippen molar-refractivity contribution in [3.8, 4) is 0 Å². The molecule has 8 heteroatoms. The third kappa shape index (κ3) is 2.77. The van der Waals surface area contributed by atoms with Crippen LogP contribution < -0.4 is 15.5 Å². The van der Waals surface area contributed by atoms with Crippen molar-refractivity contribution in [3.63, 3.8) is 0 Å². The van der Waals surface area contributed by atoms with Crippen molar-refractivity contribution < 1.29 is 14.6 Å². The van der Waals surface area contributed by atoms with E-state index in [1.54, 1.807) is 28.4 Å². The maximum Gasteiger partial charge on any atom is 0.269 e. The van der Waals surface area contributed by atoms with Gasteiger partial charge in [0.25, 0.3) is 11.6 Å². The fraction of sp³-hybridized carbons (Fsp3) is 0.353. The van der Waals surface area contributed by atoms with Gasteiger partial charge in [-0.2, -0.15) is 0 Å². The smallest absolute Gasteiger partial charge is 0.269 e. The number of rotatable bonds is 3. The summed E-state index contributed by atoms with van der Waals surface area (Å²) in [5, 5.41) is 18.1. The summed E-state index contributed by atoms with van der Waals surface area (Å²) in [4.78, 5) is 25.9. The maximum absolute atomic E-state index is 12.7. The van der Waals surface area contributed by atoms with Gasteiger partial charge in [0.15, 0.2) is 0 Å². The summed E-state index contributed by atoms with van der Waals surface area (Å²) in [5.74, 6) is -0.0606. The minimum atomic E-state index is -0.427. The summed E-state index contributed by atoms with van der Waals surface area (Å²) in [7, 11) is 0. The number of likely N-dealkylation sites (N-methyl/N-ethyl adjacent to an activating group) is 1. The molecule has 3 heterocycles. The summed E-state index contributed by atoms with van der Waals surface area (Å²) < 4.78 is 0. The highest BCUT2D eigenvalue weighted by atomic mass is 32.1. The first kappa shape index (κ1) is 16.0. The number of nitrogens with one attached hydrogen (secondary N) is 3. The Morgan fingerprint density at radius 1 is 1.32 bits per heavy atom. The van der Waals surface area contributed by atoms with Gasteiger partial charge < -0.3 is 15.5 Å². The molecule has 1 aromatic heterocycles. The monoisotopic (exact) mass is 359 g/mol. The third-order valence-corrected chi connectivity index (χ3v) is 6.11. The summed E-state index contributed by atoms with van der Waals surface area (Å²) in [6.45, 7) is 5.31. The van der Waals surface area contributed by atoms with Crippen LogP contribution in [0.4, 0.5) is 10.7 Å². The molecule has 0 saturated carbocycles. The predicted molar refractivity (Wildman–Crippen MR) is 95.0 cm³/mol. The van der Waals surface area contributed by atoms with Gasteiger partial charge in [0.05, 0.1) is 28.5 Å². The van der Waals surface area contributed by atoms with Gasteiger partial charge in [0.1, 0.15) is 17.7 Å². The zero-order chi connectivity index (χ0) is 17.6. The van der Waals surface area contributed by atoms with Crippen LogP contribution >= 0.6 is 11.3 Å². The number of amides is 1. The molecule has 7 nitrogen and oxygen atoms in total. The minimum absolute atomic E-state index is 0.0424. The number of benzene rings is 1. The van der Waals surface area contributed by atoms with Crippen LogP contribution in [0.2, 0.25) is 0 Å². The highest BCUT2D eigenvalue weighted by Gasteiger charge is 2.34. The van der Waals surface area contributed by atoms with Crippen LogP contribution in [0.3, 0.4) is 0 Å². The van der Waals surface area contributed by atoms with Gasteiger partial charge >= 0.3 is 0 Å². The second kappa shape index (κ2) is 6.12. The van der Waals surface area contributed by atoms with E-state index < -0.39 is 4.92 Å². The lowest BCUT2D eigenvalue weighted by Crippen LogP contribution is -3.11. The first-order chi connectivity index (χ1) is 12.1. The van der Waals surface area contributed by atoms with Gasteiger partial charge in [-0.15, -0.1) is 11.3 Å². The van der Waals surface area contributed by atoms with E-state index in [4.69, 9.17) is 0 Å². The summed E-state index contributed by atoms with van der Waals surface area (Å²) in [6, 6.07) is 6.27.